The van der Waals surface area contributed by atoms with Crippen LogP contribution in [0.5, 0.6) is 0 Å². The molecule has 2 rings (SSSR count). The van der Waals surface area contributed by atoms with Crippen LogP contribution in [-0.4, -0.2) is 55.3 Å². The highest BCUT2D eigenvalue weighted by atomic mass is 19.4. The van der Waals surface area contributed by atoms with Crippen LogP contribution in [0.25, 0.3) is 0 Å². The summed E-state index contributed by atoms with van der Waals surface area (Å²) in [5.74, 6) is -0.868. The van der Waals surface area contributed by atoms with Gasteiger partial charge < -0.3 is 15.0 Å². The molecular formula is C22H28F3N3O2. The van der Waals surface area contributed by atoms with Gasteiger partial charge in [0.15, 0.2) is 0 Å². The van der Waals surface area contributed by atoms with Crippen LogP contribution >= 0.6 is 0 Å². The molecule has 0 aliphatic carbocycles. The Morgan fingerprint density at radius 1 is 1.27 bits per heavy atom. The molecule has 8 heteroatoms. The van der Waals surface area contributed by atoms with Gasteiger partial charge in [-0.2, -0.15) is 0 Å². The largest absolute Gasteiger partial charge is 0.573 e. The highest BCUT2D eigenvalue weighted by molar-refractivity contribution is 5.95. The number of carbonyl (C=O) groups is 1. The lowest BCUT2D eigenvalue weighted by molar-refractivity contribution is -0.303. The van der Waals surface area contributed by atoms with Crippen LogP contribution in [0.2, 0.25) is 0 Å². The summed E-state index contributed by atoms with van der Waals surface area (Å²) in [6.45, 7) is 11.2. The fourth-order valence-corrected chi connectivity index (χ4v) is 2.98. The van der Waals surface area contributed by atoms with Gasteiger partial charge >= 0.3 is 6.36 Å². The Morgan fingerprint density at radius 2 is 1.93 bits per heavy atom. The molecule has 0 spiro atoms. The monoisotopic (exact) mass is 423 g/mol. The number of nitrogens with one attached hydrogen (secondary N) is 1. The summed E-state index contributed by atoms with van der Waals surface area (Å²) in [5.41, 5.74) is 1.72. The highest BCUT2D eigenvalue weighted by Crippen LogP contribution is 2.25. The second-order valence-corrected chi connectivity index (χ2v) is 7.31. The van der Waals surface area contributed by atoms with Crippen LogP contribution < -0.4 is 5.32 Å². The molecule has 1 amide bonds. The Balaban J connectivity index is 2.08. The molecule has 164 valence electrons. The first kappa shape index (κ1) is 23.7. The standard InChI is InChI=1S/C22H28F3N3O2/c1-5-19(14-20(16(2)3)30-22(23,24)25)26-21(29)18-8-6-7-17(13-18)15-28-11-9-27(4)10-12-28/h5-8,13-14H,2,9-12,15H2,1,3-4H3,(H,26,29)/b19-5+,20-14+. The van der Waals surface area contributed by atoms with E-state index in [1.54, 1.807) is 25.1 Å². The van der Waals surface area contributed by atoms with Gasteiger partial charge in [-0.15, -0.1) is 13.2 Å². The molecule has 1 saturated heterocycles. The molecule has 5 nitrogen and oxygen atoms in total. The van der Waals surface area contributed by atoms with E-state index in [9.17, 15) is 18.0 Å². The molecule has 1 heterocycles. The third kappa shape index (κ3) is 7.68. The summed E-state index contributed by atoms with van der Waals surface area (Å²) in [6.07, 6.45) is -2.23. The zero-order chi connectivity index (χ0) is 22.3. The second-order valence-electron chi connectivity index (χ2n) is 7.31. The van der Waals surface area contributed by atoms with Crippen molar-refractivity contribution in [2.24, 2.45) is 0 Å². The van der Waals surface area contributed by atoms with Crippen LogP contribution in [0.1, 0.15) is 29.8 Å². The predicted octanol–water partition coefficient (Wildman–Crippen LogP) is 4.06. The maximum Gasteiger partial charge on any atom is 0.573 e. The Bertz CT molecular complexity index is 823. The fourth-order valence-electron chi connectivity index (χ4n) is 2.98. The van der Waals surface area contributed by atoms with Crippen molar-refractivity contribution in [3.05, 3.63) is 71.2 Å². The summed E-state index contributed by atoms with van der Waals surface area (Å²) >= 11 is 0. The Morgan fingerprint density at radius 3 is 2.50 bits per heavy atom. The molecular weight excluding hydrogens is 395 g/mol. The number of alkyl halides is 3. The van der Waals surface area contributed by atoms with Gasteiger partial charge in [-0.25, -0.2) is 0 Å². The van der Waals surface area contributed by atoms with Crippen LogP contribution in [0.4, 0.5) is 13.2 Å². The minimum Gasteiger partial charge on any atom is -0.405 e. The van der Waals surface area contributed by atoms with Crippen LogP contribution in [0.15, 0.2) is 60.0 Å². The zero-order valence-electron chi connectivity index (χ0n) is 17.6. The molecule has 0 aromatic heterocycles. The van der Waals surface area contributed by atoms with Gasteiger partial charge in [-0.05, 0) is 44.2 Å². The molecule has 30 heavy (non-hydrogen) atoms. The summed E-state index contributed by atoms with van der Waals surface area (Å²) < 4.78 is 41.8. The lowest BCUT2D eigenvalue weighted by atomic mass is 10.1. The average Bonchev–Trinajstić information content (AvgIpc) is 2.67. The first-order valence-electron chi connectivity index (χ1n) is 9.68. The van der Waals surface area contributed by atoms with Crippen molar-refractivity contribution in [2.75, 3.05) is 33.2 Å². The number of hydrogen-bond donors (Lipinski definition) is 1. The van der Waals surface area contributed by atoms with Gasteiger partial charge in [0.25, 0.3) is 5.91 Å². The van der Waals surface area contributed by atoms with E-state index >= 15 is 0 Å². The van der Waals surface area contributed by atoms with Gasteiger partial charge in [-0.3, -0.25) is 9.69 Å². The Labute approximate surface area is 175 Å². The average molecular weight is 423 g/mol. The minimum atomic E-state index is -4.84. The highest BCUT2D eigenvalue weighted by Gasteiger charge is 2.32. The summed E-state index contributed by atoms with van der Waals surface area (Å²) in [5, 5.41) is 2.63. The van der Waals surface area contributed by atoms with Crippen LogP contribution in [-0.2, 0) is 11.3 Å². The van der Waals surface area contributed by atoms with Gasteiger partial charge in [-0.1, -0.05) is 24.8 Å². The molecule has 1 aromatic rings. The maximum atomic E-state index is 12.7. The van der Waals surface area contributed by atoms with Gasteiger partial charge in [0, 0.05) is 50.1 Å². The van der Waals surface area contributed by atoms with Crippen molar-refractivity contribution >= 4 is 5.91 Å². The molecule has 1 fully saturated rings. The molecule has 0 atom stereocenters. The lowest BCUT2D eigenvalue weighted by Gasteiger charge is -2.32. The number of allylic oxidation sites excluding steroid dienone is 3. The van der Waals surface area contributed by atoms with Crippen LogP contribution in [0.3, 0.4) is 0 Å². The SMILES string of the molecule is C=C(C)/C(=C\C(=C/C)NC(=O)c1cccc(CN2CCN(C)CC2)c1)OC(F)(F)F. The molecule has 1 aliphatic heterocycles. The number of piperazine rings is 1. The van der Waals surface area contributed by atoms with E-state index in [1.807, 2.05) is 6.07 Å². The van der Waals surface area contributed by atoms with Crippen LogP contribution in [0, 0.1) is 0 Å². The first-order chi connectivity index (χ1) is 14.1. The lowest BCUT2D eigenvalue weighted by Crippen LogP contribution is -2.43. The number of rotatable bonds is 7. The number of halogens is 3. The van der Waals surface area contributed by atoms with Gasteiger partial charge in [0.05, 0.1) is 0 Å². The van der Waals surface area contributed by atoms with Crippen molar-refractivity contribution in [1.82, 2.24) is 15.1 Å². The predicted molar refractivity (Wildman–Crippen MR) is 110 cm³/mol. The van der Waals surface area contributed by atoms with Gasteiger partial charge in [0.2, 0.25) is 0 Å². The van der Waals surface area contributed by atoms with E-state index < -0.39 is 18.0 Å². The molecule has 0 unspecified atom stereocenters. The maximum absolute atomic E-state index is 12.7. The zero-order valence-corrected chi connectivity index (χ0v) is 17.6. The minimum absolute atomic E-state index is 0.0927. The first-order valence-corrected chi connectivity index (χ1v) is 9.68. The third-order valence-electron chi connectivity index (χ3n) is 4.69. The van der Waals surface area contributed by atoms with Crippen molar-refractivity contribution in [1.29, 1.82) is 0 Å². The number of benzene rings is 1. The van der Waals surface area contributed by atoms with E-state index in [0.717, 1.165) is 44.4 Å². The van der Waals surface area contributed by atoms with Crippen molar-refractivity contribution < 1.29 is 22.7 Å². The molecule has 1 N–H and O–H groups in total. The molecule has 0 bridgehead atoms. The number of hydrogen-bond acceptors (Lipinski definition) is 4. The van der Waals surface area contributed by atoms with E-state index in [2.05, 4.69) is 33.5 Å². The normalized spacial score (nSPS) is 17.0. The molecule has 0 saturated carbocycles. The topological polar surface area (TPSA) is 44.8 Å². The Hall–Kier alpha value is -2.58. The molecule has 1 aromatic carbocycles. The van der Waals surface area contributed by atoms with Crippen molar-refractivity contribution in [3.8, 4) is 0 Å². The number of ether oxygens (including phenoxy) is 1. The van der Waals surface area contributed by atoms with E-state index in [1.165, 1.54) is 13.0 Å². The molecule has 1 aliphatic rings. The van der Waals surface area contributed by atoms with Crippen molar-refractivity contribution in [3.63, 3.8) is 0 Å². The number of carbonyl (C=O) groups excluding carboxylic acids is 1. The summed E-state index contributed by atoms with van der Waals surface area (Å²) in [4.78, 5) is 17.2. The van der Waals surface area contributed by atoms with E-state index in [4.69, 9.17) is 0 Å². The quantitative estimate of drug-likeness (QED) is 0.531. The number of likely N-dealkylation sites (N-methyl/N-ethyl adjacent to an activating group) is 1. The second kappa shape index (κ2) is 10.4. The Kier molecular flexibility index (Phi) is 8.25. The molecule has 0 radical (unpaired) electrons. The van der Waals surface area contributed by atoms with Gasteiger partial charge in [0.1, 0.15) is 5.76 Å². The van der Waals surface area contributed by atoms with E-state index in [0.29, 0.717) is 5.56 Å². The summed E-state index contributed by atoms with van der Waals surface area (Å²) in [6, 6.07) is 7.24. The fraction of sp³-hybridized carbons (Fsp3) is 0.409. The number of nitrogens with zero attached hydrogens (tertiary/aromatic N) is 2. The van der Waals surface area contributed by atoms with E-state index in [-0.39, 0.29) is 11.3 Å². The summed E-state index contributed by atoms with van der Waals surface area (Å²) in [7, 11) is 2.09. The smallest absolute Gasteiger partial charge is 0.405 e. The van der Waals surface area contributed by atoms with Crippen molar-refractivity contribution in [2.45, 2.75) is 26.8 Å². The third-order valence-corrected chi connectivity index (χ3v) is 4.69. The number of amides is 1.